The second-order valence-corrected chi connectivity index (χ2v) is 4.50. The third-order valence-corrected chi connectivity index (χ3v) is 3.25. The summed E-state index contributed by atoms with van der Waals surface area (Å²) in [5, 5.41) is 0. The molecule has 0 saturated carbocycles. The molecule has 0 bridgehead atoms. The van der Waals surface area contributed by atoms with Gasteiger partial charge in [0.2, 0.25) is 0 Å². The number of hydrogen-bond donors (Lipinski definition) is 0. The predicted molar refractivity (Wildman–Crippen MR) is 70.7 cm³/mol. The quantitative estimate of drug-likeness (QED) is 0.701. The molecule has 0 saturated heterocycles. The van der Waals surface area contributed by atoms with Crippen molar-refractivity contribution >= 4 is 11.7 Å². The fourth-order valence-corrected chi connectivity index (χ4v) is 2.37. The van der Waals surface area contributed by atoms with Gasteiger partial charge in [0, 0.05) is 11.1 Å². The zero-order chi connectivity index (χ0) is 13.2. The minimum atomic E-state index is -0.296. The predicted octanol–water partition coefficient (Wildman–Crippen LogP) is 4.15. The van der Waals surface area contributed by atoms with Gasteiger partial charge in [0.15, 0.2) is 0 Å². The maximum atomic E-state index is 12.9. The second-order valence-electron chi connectivity index (χ2n) is 3.98. The highest BCUT2D eigenvalue weighted by Crippen LogP contribution is 2.30. The molecule has 0 aliphatic rings. The van der Waals surface area contributed by atoms with Crippen molar-refractivity contribution in [2.24, 2.45) is 0 Å². The van der Waals surface area contributed by atoms with E-state index in [-0.39, 0.29) is 11.6 Å². The molecule has 0 amide bonds. The molecule has 0 aliphatic heterocycles. The summed E-state index contributed by atoms with van der Waals surface area (Å²) in [4.78, 5) is 0. The molecule has 0 aliphatic carbocycles. The van der Waals surface area contributed by atoms with Gasteiger partial charge in [-0.05, 0) is 48.5 Å². The highest BCUT2D eigenvalue weighted by molar-refractivity contribution is 6.99. The van der Waals surface area contributed by atoms with Gasteiger partial charge < -0.3 is 0 Å². The molecule has 0 spiro atoms. The summed E-state index contributed by atoms with van der Waals surface area (Å²) in [6, 6.07) is 12.1. The molecule has 3 rings (SSSR count). The lowest BCUT2D eigenvalue weighted by molar-refractivity contribution is 0.627. The summed E-state index contributed by atoms with van der Waals surface area (Å²) < 4.78 is 34.3. The van der Waals surface area contributed by atoms with Crippen molar-refractivity contribution in [1.29, 1.82) is 0 Å². The lowest BCUT2D eigenvalue weighted by atomic mass is 10.1. The molecule has 0 unspecified atom stereocenters. The van der Waals surface area contributed by atoms with Gasteiger partial charge in [-0.1, -0.05) is 0 Å². The highest BCUT2D eigenvalue weighted by Gasteiger charge is 2.12. The molecule has 3 aromatic rings. The van der Waals surface area contributed by atoms with Crippen molar-refractivity contribution in [2.45, 2.75) is 0 Å². The number of benzene rings is 2. The molecule has 0 radical (unpaired) electrons. The van der Waals surface area contributed by atoms with Crippen LogP contribution in [0.5, 0.6) is 0 Å². The Kier molecular flexibility index (Phi) is 3.05. The van der Waals surface area contributed by atoms with Crippen LogP contribution in [0.2, 0.25) is 0 Å². The number of nitrogens with zero attached hydrogens (tertiary/aromatic N) is 2. The number of halogens is 2. The van der Waals surface area contributed by atoms with Crippen LogP contribution in [0.25, 0.3) is 22.5 Å². The molecule has 5 heteroatoms. The van der Waals surface area contributed by atoms with Gasteiger partial charge in [-0.2, -0.15) is 8.75 Å². The lowest BCUT2D eigenvalue weighted by Crippen LogP contribution is -1.85. The Labute approximate surface area is 112 Å². The van der Waals surface area contributed by atoms with Crippen LogP contribution < -0.4 is 0 Å². The van der Waals surface area contributed by atoms with Crippen LogP contribution in [0.15, 0.2) is 48.5 Å². The van der Waals surface area contributed by atoms with Crippen LogP contribution in [0.3, 0.4) is 0 Å². The molecular formula is C14H8F2N2S. The Morgan fingerprint density at radius 3 is 1.37 bits per heavy atom. The van der Waals surface area contributed by atoms with Gasteiger partial charge in [-0.25, -0.2) is 8.78 Å². The van der Waals surface area contributed by atoms with Gasteiger partial charge in [0.05, 0.1) is 11.7 Å². The first-order chi connectivity index (χ1) is 9.24. The Hall–Kier alpha value is -2.14. The fourth-order valence-electron chi connectivity index (χ4n) is 1.78. The van der Waals surface area contributed by atoms with Crippen LogP contribution in [0, 0.1) is 11.6 Å². The smallest absolute Gasteiger partial charge is 0.123 e. The van der Waals surface area contributed by atoms with Crippen LogP contribution in [-0.4, -0.2) is 8.75 Å². The summed E-state index contributed by atoms with van der Waals surface area (Å²) in [7, 11) is 0. The van der Waals surface area contributed by atoms with Crippen molar-refractivity contribution in [3.63, 3.8) is 0 Å². The van der Waals surface area contributed by atoms with Crippen LogP contribution in [-0.2, 0) is 0 Å². The van der Waals surface area contributed by atoms with Crippen molar-refractivity contribution in [2.75, 3.05) is 0 Å². The molecule has 0 N–H and O–H groups in total. The minimum Gasteiger partial charge on any atom is -0.207 e. The number of aromatic nitrogens is 2. The first-order valence-corrected chi connectivity index (χ1v) is 6.31. The van der Waals surface area contributed by atoms with E-state index in [0.717, 1.165) is 22.9 Å². The first kappa shape index (κ1) is 11.9. The normalized spacial score (nSPS) is 10.6. The molecule has 1 heterocycles. The topological polar surface area (TPSA) is 25.8 Å². The SMILES string of the molecule is Fc1ccc(-c2nsnc2-c2ccc(F)cc2)cc1. The van der Waals surface area contributed by atoms with Crippen LogP contribution in [0.1, 0.15) is 0 Å². The van der Waals surface area contributed by atoms with Gasteiger partial charge in [-0.15, -0.1) is 0 Å². The lowest BCUT2D eigenvalue weighted by Gasteiger charge is -2.01. The first-order valence-electron chi connectivity index (χ1n) is 5.58. The maximum Gasteiger partial charge on any atom is 0.123 e. The average molecular weight is 274 g/mol. The van der Waals surface area contributed by atoms with Gasteiger partial charge in [0.1, 0.15) is 23.0 Å². The van der Waals surface area contributed by atoms with E-state index in [1.807, 2.05) is 0 Å². The molecule has 2 aromatic carbocycles. The summed E-state index contributed by atoms with van der Waals surface area (Å²) >= 11 is 1.08. The van der Waals surface area contributed by atoms with Crippen LogP contribution in [0.4, 0.5) is 8.78 Å². The minimum absolute atomic E-state index is 0.296. The standard InChI is InChI=1S/C14H8F2N2S/c15-11-5-1-9(2-6-11)13-14(18-19-17-13)10-3-7-12(16)8-4-10/h1-8H. The Morgan fingerprint density at radius 2 is 1.00 bits per heavy atom. The molecule has 94 valence electrons. The summed E-state index contributed by atoms with van der Waals surface area (Å²) in [6.45, 7) is 0. The van der Waals surface area contributed by atoms with E-state index in [9.17, 15) is 8.78 Å². The van der Waals surface area contributed by atoms with E-state index >= 15 is 0 Å². The third-order valence-electron chi connectivity index (χ3n) is 2.72. The summed E-state index contributed by atoms with van der Waals surface area (Å²) in [5.74, 6) is -0.592. The van der Waals surface area contributed by atoms with E-state index in [4.69, 9.17) is 0 Å². The molecule has 2 nitrogen and oxygen atoms in total. The van der Waals surface area contributed by atoms with E-state index in [0.29, 0.717) is 11.4 Å². The molecule has 1 aromatic heterocycles. The fraction of sp³-hybridized carbons (Fsp3) is 0. The zero-order valence-electron chi connectivity index (χ0n) is 9.68. The largest absolute Gasteiger partial charge is 0.207 e. The van der Waals surface area contributed by atoms with Gasteiger partial charge in [0.25, 0.3) is 0 Å². The monoisotopic (exact) mass is 274 g/mol. The Bertz CT molecular complexity index is 630. The van der Waals surface area contributed by atoms with E-state index in [1.54, 1.807) is 24.3 Å². The zero-order valence-corrected chi connectivity index (χ0v) is 10.5. The van der Waals surface area contributed by atoms with E-state index in [1.165, 1.54) is 24.3 Å². The summed E-state index contributed by atoms with van der Waals surface area (Å²) in [5.41, 5.74) is 2.93. The molecule has 19 heavy (non-hydrogen) atoms. The number of hydrogen-bond acceptors (Lipinski definition) is 3. The third kappa shape index (κ3) is 2.37. The van der Waals surface area contributed by atoms with Crippen molar-refractivity contribution in [3.05, 3.63) is 60.2 Å². The Morgan fingerprint density at radius 1 is 0.632 bits per heavy atom. The Balaban J connectivity index is 2.07. The molecule has 0 fully saturated rings. The molecular weight excluding hydrogens is 266 g/mol. The summed E-state index contributed by atoms with van der Waals surface area (Å²) in [6.07, 6.45) is 0. The molecule has 0 atom stereocenters. The van der Waals surface area contributed by atoms with Crippen molar-refractivity contribution in [1.82, 2.24) is 8.75 Å². The van der Waals surface area contributed by atoms with Crippen molar-refractivity contribution < 1.29 is 8.78 Å². The van der Waals surface area contributed by atoms with E-state index in [2.05, 4.69) is 8.75 Å². The van der Waals surface area contributed by atoms with Gasteiger partial charge >= 0.3 is 0 Å². The van der Waals surface area contributed by atoms with Crippen molar-refractivity contribution in [3.8, 4) is 22.5 Å². The van der Waals surface area contributed by atoms with Gasteiger partial charge in [-0.3, -0.25) is 0 Å². The van der Waals surface area contributed by atoms with Crippen LogP contribution >= 0.6 is 11.7 Å². The van der Waals surface area contributed by atoms with E-state index < -0.39 is 0 Å². The highest BCUT2D eigenvalue weighted by atomic mass is 32.1. The number of rotatable bonds is 2. The second kappa shape index (κ2) is 4.85. The maximum absolute atomic E-state index is 12.9. The average Bonchev–Trinajstić information content (AvgIpc) is 2.90.